The number of benzene rings is 3. The van der Waals surface area contributed by atoms with Gasteiger partial charge in [0.2, 0.25) is 5.91 Å². The summed E-state index contributed by atoms with van der Waals surface area (Å²) in [5.41, 5.74) is 3.40. The van der Waals surface area contributed by atoms with Crippen molar-refractivity contribution in [2.45, 2.75) is 6.54 Å². The molecule has 3 aromatic rings. The van der Waals surface area contributed by atoms with Crippen LogP contribution in [-0.2, 0) is 11.3 Å². The van der Waals surface area contributed by atoms with Crippen LogP contribution in [0.25, 0.3) is 0 Å². The number of anilines is 3. The molecular weight excluding hydrogens is 414 g/mol. The molecule has 0 spiro atoms. The largest absolute Gasteiger partial charge is 0.325 e. The number of amides is 3. The van der Waals surface area contributed by atoms with E-state index in [0.29, 0.717) is 17.9 Å². The van der Waals surface area contributed by atoms with Gasteiger partial charge in [0.05, 0.1) is 6.54 Å². The minimum absolute atomic E-state index is 0.0333. The number of piperazine rings is 1. The molecule has 0 radical (unpaired) electrons. The number of nitrogens with one attached hydrogen (secondary N) is 3. The van der Waals surface area contributed by atoms with Crippen molar-refractivity contribution in [2.24, 2.45) is 0 Å². The first-order valence-electron chi connectivity index (χ1n) is 11.2. The zero-order chi connectivity index (χ0) is 22.9. The molecule has 3 N–H and O–H groups in total. The van der Waals surface area contributed by atoms with Gasteiger partial charge in [-0.25, -0.2) is 4.79 Å². The van der Waals surface area contributed by atoms with Crippen molar-refractivity contribution >= 4 is 29.0 Å². The molecule has 0 aliphatic carbocycles. The molecule has 3 amide bonds. The third-order valence-corrected chi connectivity index (χ3v) is 5.54. The third kappa shape index (κ3) is 7.17. The van der Waals surface area contributed by atoms with E-state index >= 15 is 0 Å². The molecule has 0 unspecified atom stereocenters. The van der Waals surface area contributed by atoms with E-state index < -0.39 is 0 Å². The van der Waals surface area contributed by atoms with E-state index in [2.05, 4.69) is 50.0 Å². The van der Waals surface area contributed by atoms with Crippen molar-refractivity contribution in [1.82, 2.24) is 9.80 Å². The van der Waals surface area contributed by atoms with Crippen molar-refractivity contribution in [3.05, 3.63) is 90.5 Å². The number of nitrogens with zero attached hydrogens (tertiary/aromatic N) is 2. The highest BCUT2D eigenvalue weighted by Gasteiger charge is 2.19. The summed E-state index contributed by atoms with van der Waals surface area (Å²) in [5.74, 6) is -0.0333. The van der Waals surface area contributed by atoms with E-state index in [1.165, 1.54) is 5.56 Å². The van der Waals surface area contributed by atoms with Gasteiger partial charge in [-0.1, -0.05) is 48.5 Å². The van der Waals surface area contributed by atoms with Gasteiger partial charge >= 0.3 is 6.03 Å². The monoisotopic (exact) mass is 443 g/mol. The van der Waals surface area contributed by atoms with Crippen LogP contribution in [0.4, 0.5) is 21.9 Å². The Morgan fingerprint density at radius 2 is 1.09 bits per heavy atom. The maximum atomic E-state index is 12.5. The lowest BCUT2D eigenvalue weighted by Crippen LogP contribution is -2.48. The topological polar surface area (TPSA) is 76.7 Å². The van der Waals surface area contributed by atoms with Crippen molar-refractivity contribution < 1.29 is 9.59 Å². The average molecular weight is 444 g/mol. The molecule has 3 aromatic carbocycles. The number of carbonyl (C=O) groups is 2. The Labute approximate surface area is 194 Å². The number of urea groups is 1. The van der Waals surface area contributed by atoms with E-state index in [1.54, 1.807) is 24.3 Å². The predicted octanol–water partition coefficient (Wildman–Crippen LogP) is 4.09. The average Bonchev–Trinajstić information content (AvgIpc) is 2.83. The molecule has 1 heterocycles. The third-order valence-electron chi connectivity index (χ3n) is 5.54. The van der Waals surface area contributed by atoms with E-state index in [1.807, 2.05) is 36.4 Å². The highest BCUT2D eigenvalue weighted by molar-refractivity contribution is 6.00. The van der Waals surface area contributed by atoms with Crippen molar-refractivity contribution in [1.29, 1.82) is 0 Å². The summed E-state index contributed by atoms with van der Waals surface area (Å²) in [7, 11) is 0. The highest BCUT2D eigenvalue weighted by Crippen LogP contribution is 2.15. The van der Waals surface area contributed by atoms with Crippen LogP contribution in [-0.4, -0.2) is 54.5 Å². The van der Waals surface area contributed by atoms with Crippen LogP contribution >= 0.6 is 0 Å². The lowest BCUT2D eigenvalue weighted by atomic mass is 10.2. The molecule has 4 rings (SSSR count). The lowest BCUT2D eigenvalue weighted by Gasteiger charge is -2.34. The van der Waals surface area contributed by atoms with Crippen LogP contribution in [0.5, 0.6) is 0 Å². The smallest absolute Gasteiger partial charge is 0.323 e. The Morgan fingerprint density at radius 3 is 1.70 bits per heavy atom. The van der Waals surface area contributed by atoms with Crippen LogP contribution in [0.3, 0.4) is 0 Å². The van der Waals surface area contributed by atoms with Crippen molar-refractivity contribution in [2.75, 3.05) is 48.7 Å². The van der Waals surface area contributed by atoms with Gasteiger partial charge in [-0.3, -0.25) is 14.6 Å². The van der Waals surface area contributed by atoms with Crippen molar-refractivity contribution in [3.63, 3.8) is 0 Å². The first-order valence-corrected chi connectivity index (χ1v) is 11.2. The van der Waals surface area contributed by atoms with Gasteiger partial charge in [0.25, 0.3) is 0 Å². The summed E-state index contributed by atoms with van der Waals surface area (Å²) in [6, 6.07) is 26.5. The number of carbonyl (C=O) groups excluding carboxylic acids is 2. The van der Waals surface area contributed by atoms with Crippen LogP contribution in [0.2, 0.25) is 0 Å². The summed E-state index contributed by atoms with van der Waals surface area (Å²) < 4.78 is 0. The Bertz CT molecular complexity index is 1030. The maximum Gasteiger partial charge on any atom is 0.323 e. The molecule has 0 bridgehead atoms. The number of rotatable bonds is 7. The molecule has 1 aliphatic rings. The zero-order valence-electron chi connectivity index (χ0n) is 18.5. The first kappa shape index (κ1) is 22.5. The van der Waals surface area contributed by atoms with E-state index in [4.69, 9.17) is 0 Å². The van der Waals surface area contributed by atoms with Gasteiger partial charge in [-0.15, -0.1) is 0 Å². The quantitative estimate of drug-likeness (QED) is 0.514. The molecule has 0 atom stereocenters. The number of hydrogen-bond acceptors (Lipinski definition) is 4. The molecule has 0 aromatic heterocycles. The van der Waals surface area contributed by atoms with Crippen molar-refractivity contribution in [3.8, 4) is 0 Å². The molecule has 33 heavy (non-hydrogen) atoms. The summed E-state index contributed by atoms with van der Waals surface area (Å²) in [4.78, 5) is 29.2. The maximum absolute atomic E-state index is 12.5. The summed E-state index contributed by atoms with van der Waals surface area (Å²) >= 11 is 0. The van der Waals surface area contributed by atoms with Gasteiger partial charge in [0.15, 0.2) is 0 Å². The standard InChI is InChI=1S/C26H29N5O2/c32-25(20-31-17-15-30(16-18-31)19-21-7-3-1-4-8-21)27-23-11-13-24(14-12-23)29-26(33)28-22-9-5-2-6-10-22/h1-14H,15-20H2,(H,27,32)(H2,28,29,33). The SMILES string of the molecule is O=C(CN1CCN(Cc2ccccc2)CC1)Nc1ccc(NC(=O)Nc2ccccc2)cc1. The molecule has 170 valence electrons. The minimum atomic E-state index is -0.315. The van der Waals surface area contributed by atoms with E-state index in [-0.39, 0.29) is 11.9 Å². The second-order valence-corrected chi connectivity index (χ2v) is 8.11. The zero-order valence-corrected chi connectivity index (χ0v) is 18.5. The van der Waals surface area contributed by atoms with Gasteiger partial charge in [-0.2, -0.15) is 0 Å². The predicted molar refractivity (Wildman–Crippen MR) is 132 cm³/mol. The summed E-state index contributed by atoms with van der Waals surface area (Å²) in [6.45, 7) is 4.98. The normalized spacial score (nSPS) is 14.4. The molecular formula is C26H29N5O2. The molecule has 7 heteroatoms. The Balaban J connectivity index is 1.18. The fourth-order valence-corrected chi connectivity index (χ4v) is 3.80. The van der Waals surface area contributed by atoms with Crippen LogP contribution < -0.4 is 16.0 Å². The van der Waals surface area contributed by atoms with Gasteiger partial charge < -0.3 is 16.0 Å². The second-order valence-electron chi connectivity index (χ2n) is 8.11. The fraction of sp³-hybridized carbons (Fsp3) is 0.231. The first-order chi connectivity index (χ1) is 16.1. The number of para-hydroxylation sites is 1. The van der Waals surface area contributed by atoms with Gasteiger partial charge in [0.1, 0.15) is 0 Å². The minimum Gasteiger partial charge on any atom is -0.325 e. The lowest BCUT2D eigenvalue weighted by molar-refractivity contribution is -0.117. The van der Waals surface area contributed by atoms with Crippen LogP contribution in [0.15, 0.2) is 84.9 Å². The number of hydrogen-bond donors (Lipinski definition) is 3. The molecule has 1 fully saturated rings. The van der Waals surface area contributed by atoms with E-state index in [0.717, 1.165) is 38.4 Å². The van der Waals surface area contributed by atoms with Crippen LogP contribution in [0.1, 0.15) is 5.56 Å². The Kier molecular flexibility index (Phi) is 7.68. The van der Waals surface area contributed by atoms with Crippen LogP contribution in [0, 0.1) is 0 Å². The second kappa shape index (κ2) is 11.3. The fourth-order valence-electron chi connectivity index (χ4n) is 3.80. The van der Waals surface area contributed by atoms with Gasteiger partial charge in [-0.05, 0) is 42.0 Å². The molecule has 1 saturated heterocycles. The molecule has 0 saturated carbocycles. The summed E-state index contributed by atoms with van der Waals surface area (Å²) in [5, 5.41) is 8.49. The van der Waals surface area contributed by atoms with Gasteiger partial charge in [0, 0.05) is 49.8 Å². The highest BCUT2D eigenvalue weighted by atomic mass is 16.2. The molecule has 1 aliphatic heterocycles. The Hall–Kier alpha value is -3.68. The molecule has 7 nitrogen and oxygen atoms in total. The Morgan fingerprint density at radius 1 is 0.606 bits per heavy atom. The summed E-state index contributed by atoms with van der Waals surface area (Å²) in [6.07, 6.45) is 0. The van der Waals surface area contributed by atoms with E-state index in [9.17, 15) is 9.59 Å².